The van der Waals surface area contributed by atoms with Crippen LogP contribution in [0.3, 0.4) is 0 Å². The topological polar surface area (TPSA) is 69.6 Å². The van der Waals surface area contributed by atoms with Crippen molar-refractivity contribution in [3.05, 3.63) is 5.82 Å². The van der Waals surface area contributed by atoms with E-state index in [-0.39, 0.29) is 6.04 Å². The van der Waals surface area contributed by atoms with Crippen LogP contribution in [0.1, 0.15) is 26.1 Å². The highest BCUT2D eigenvalue weighted by Crippen LogP contribution is 2.14. The smallest absolute Gasteiger partial charge is 0.176 e. The summed E-state index contributed by atoms with van der Waals surface area (Å²) >= 11 is 1.90. The molecular formula is C9H19N5S. The lowest BCUT2D eigenvalue weighted by Gasteiger charge is -2.12. The monoisotopic (exact) mass is 229 g/mol. The number of nitrogens with two attached hydrogens (primary N) is 1. The molecule has 0 fully saturated rings. The minimum absolute atomic E-state index is 0.119. The third-order valence-corrected chi connectivity index (χ3v) is 3.69. The molecule has 0 aliphatic carbocycles. The first-order valence-electron chi connectivity index (χ1n) is 5.21. The van der Waals surface area contributed by atoms with Crippen LogP contribution in [0, 0.1) is 0 Å². The van der Waals surface area contributed by atoms with Crippen molar-refractivity contribution in [2.75, 3.05) is 5.75 Å². The molecular weight excluding hydrogens is 210 g/mol. The predicted molar refractivity (Wildman–Crippen MR) is 62.7 cm³/mol. The Morgan fingerprint density at radius 1 is 1.53 bits per heavy atom. The molecule has 6 heteroatoms. The number of hydrogen-bond acceptors (Lipinski definition) is 5. The number of thioether (sulfide) groups is 1. The summed E-state index contributed by atoms with van der Waals surface area (Å²) in [7, 11) is 1.76. The minimum Gasteiger partial charge on any atom is -0.327 e. The van der Waals surface area contributed by atoms with Crippen molar-refractivity contribution < 1.29 is 0 Å². The molecule has 2 atom stereocenters. The zero-order valence-electron chi connectivity index (χ0n) is 9.55. The summed E-state index contributed by atoms with van der Waals surface area (Å²) in [6.45, 7) is 4.41. The number of aryl methyl sites for hydroxylation is 1. The Morgan fingerprint density at radius 3 is 2.80 bits per heavy atom. The minimum atomic E-state index is 0.119. The lowest BCUT2D eigenvalue weighted by atomic mass is 10.2. The van der Waals surface area contributed by atoms with Crippen LogP contribution in [-0.2, 0) is 13.5 Å². The first-order chi connectivity index (χ1) is 7.11. The molecule has 86 valence electrons. The second kappa shape index (κ2) is 6.07. The van der Waals surface area contributed by atoms with E-state index in [1.54, 1.807) is 7.05 Å². The van der Waals surface area contributed by atoms with Crippen LogP contribution < -0.4 is 5.73 Å². The van der Waals surface area contributed by atoms with Gasteiger partial charge in [-0.1, -0.05) is 13.8 Å². The predicted octanol–water partition coefficient (Wildman–Crippen LogP) is 0.612. The van der Waals surface area contributed by atoms with Crippen molar-refractivity contribution in [3.8, 4) is 0 Å². The van der Waals surface area contributed by atoms with Crippen LogP contribution in [0.25, 0.3) is 0 Å². The third kappa shape index (κ3) is 4.61. The Labute approximate surface area is 94.8 Å². The first kappa shape index (κ1) is 12.4. The Hall–Kier alpha value is -0.620. The van der Waals surface area contributed by atoms with E-state index in [9.17, 15) is 0 Å². The Bertz CT molecular complexity index is 288. The lowest BCUT2D eigenvalue weighted by molar-refractivity contribution is 0.624. The number of aromatic nitrogens is 4. The van der Waals surface area contributed by atoms with Crippen LogP contribution in [0.5, 0.6) is 0 Å². The van der Waals surface area contributed by atoms with E-state index in [1.807, 2.05) is 11.8 Å². The standard InChI is InChI=1S/C9H19N5S/c1-4-7(2)15-6-8(10)5-9-11-13-14(3)12-9/h7-8H,4-6,10H2,1-3H3. The van der Waals surface area contributed by atoms with Gasteiger partial charge in [0.05, 0.1) is 7.05 Å². The largest absolute Gasteiger partial charge is 0.327 e. The van der Waals surface area contributed by atoms with Gasteiger partial charge in [-0.25, -0.2) is 0 Å². The SMILES string of the molecule is CCC(C)SCC(N)Cc1nnn(C)n1. The normalized spacial score (nSPS) is 15.2. The Balaban J connectivity index is 2.27. The third-order valence-electron chi connectivity index (χ3n) is 2.16. The summed E-state index contributed by atoms with van der Waals surface area (Å²) < 4.78 is 0. The molecule has 5 nitrogen and oxygen atoms in total. The summed E-state index contributed by atoms with van der Waals surface area (Å²) in [5, 5.41) is 12.5. The zero-order chi connectivity index (χ0) is 11.3. The molecule has 0 aromatic carbocycles. The highest BCUT2D eigenvalue weighted by Gasteiger charge is 2.10. The van der Waals surface area contributed by atoms with Crippen molar-refractivity contribution in [1.82, 2.24) is 20.2 Å². The van der Waals surface area contributed by atoms with E-state index in [0.29, 0.717) is 11.7 Å². The molecule has 0 saturated heterocycles. The fraction of sp³-hybridized carbons (Fsp3) is 0.889. The van der Waals surface area contributed by atoms with Crippen LogP contribution in [0.15, 0.2) is 0 Å². The van der Waals surface area contributed by atoms with Crippen molar-refractivity contribution in [2.24, 2.45) is 12.8 Å². The maximum atomic E-state index is 5.98. The zero-order valence-corrected chi connectivity index (χ0v) is 10.4. The molecule has 1 aromatic rings. The molecule has 0 amide bonds. The van der Waals surface area contributed by atoms with E-state index in [1.165, 1.54) is 11.2 Å². The van der Waals surface area contributed by atoms with Crippen molar-refractivity contribution in [3.63, 3.8) is 0 Å². The molecule has 1 rings (SSSR count). The number of nitrogens with zero attached hydrogens (tertiary/aromatic N) is 4. The van der Waals surface area contributed by atoms with E-state index in [0.717, 1.165) is 11.6 Å². The van der Waals surface area contributed by atoms with Gasteiger partial charge in [-0.3, -0.25) is 0 Å². The highest BCUT2D eigenvalue weighted by atomic mass is 32.2. The molecule has 2 unspecified atom stereocenters. The second-order valence-electron chi connectivity index (χ2n) is 3.71. The number of rotatable bonds is 6. The van der Waals surface area contributed by atoms with Gasteiger partial charge in [-0.05, 0) is 11.6 Å². The van der Waals surface area contributed by atoms with Crippen molar-refractivity contribution in [1.29, 1.82) is 0 Å². The Kier molecular flexibility index (Phi) is 5.04. The highest BCUT2D eigenvalue weighted by molar-refractivity contribution is 7.99. The van der Waals surface area contributed by atoms with Gasteiger partial charge in [0.2, 0.25) is 0 Å². The molecule has 1 heterocycles. The van der Waals surface area contributed by atoms with E-state index in [4.69, 9.17) is 5.73 Å². The molecule has 1 aromatic heterocycles. The maximum absolute atomic E-state index is 5.98. The van der Waals surface area contributed by atoms with Crippen LogP contribution in [-0.4, -0.2) is 37.3 Å². The second-order valence-corrected chi connectivity index (χ2v) is 5.18. The van der Waals surface area contributed by atoms with Gasteiger partial charge in [-0.15, -0.1) is 10.2 Å². The van der Waals surface area contributed by atoms with Crippen molar-refractivity contribution in [2.45, 2.75) is 38.0 Å². The number of hydrogen-bond donors (Lipinski definition) is 1. The molecule has 0 bridgehead atoms. The van der Waals surface area contributed by atoms with E-state index >= 15 is 0 Å². The van der Waals surface area contributed by atoms with Gasteiger partial charge in [0.1, 0.15) is 0 Å². The summed E-state index contributed by atoms with van der Waals surface area (Å²) in [4.78, 5) is 1.46. The van der Waals surface area contributed by atoms with Gasteiger partial charge in [0, 0.05) is 23.5 Å². The molecule has 2 N–H and O–H groups in total. The Morgan fingerprint density at radius 2 is 2.27 bits per heavy atom. The summed E-state index contributed by atoms with van der Waals surface area (Å²) in [5.74, 6) is 1.68. The molecule has 0 spiro atoms. The lowest BCUT2D eigenvalue weighted by Crippen LogP contribution is -2.27. The van der Waals surface area contributed by atoms with E-state index < -0.39 is 0 Å². The molecule has 0 aliphatic rings. The average Bonchev–Trinajstić information content (AvgIpc) is 2.60. The summed E-state index contributed by atoms with van der Waals surface area (Å²) in [6, 6.07) is 0.119. The fourth-order valence-corrected chi connectivity index (χ4v) is 2.03. The van der Waals surface area contributed by atoms with Crippen LogP contribution in [0.2, 0.25) is 0 Å². The fourth-order valence-electron chi connectivity index (χ4n) is 1.10. The first-order valence-corrected chi connectivity index (χ1v) is 6.26. The van der Waals surface area contributed by atoms with Crippen LogP contribution >= 0.6 is 11.8 Å². The van der Waals surface area contributed by atoms with Gasteiger partial charge < -0.3 is 5.73 Å². The van der Waals surface area contributed by atoms with Crippen LogP contribution in [0.4, 0.5) is 0 Å². The van der Waals surface area contributed by atoms with Crippen molar-refractivity contribution >= 4 is 11.8 Å². The molecule has 15 heavy (non-hydrogen) atoms. The molecule has 0 aliphatic heterocycles. The van der Waals surface area contributed by atoms with Gasteiger partial charge in [-0.2, -0.15) is 16.6 Å². The maximum Gasteiger partial charge on any atom is 0.176 e. The average molecular weight is 229 g/mol. The van der Waals surface area contributed by atoms with Gasteiger partial charge >= 0.3 is 0 Å². The van der Waals surface area contributed by atoms with E-state index in [2.05, 4.69) is 29.3 Å². The van der Waals surface area contributed by atoms with Gasteiger partial charge in [0.25, 0.3) is 0 Å². The van der Waals surface area contributed by atoms with Gasteiger partial charge in [0.15, 0.2) is 5.82 Å². The number of tetrazole rings is 1. The quantitative estimate of drug-likeness (QED) is 0.774. The summed E-state index contributed by atoms with van der Waals surface area (Å²) in [5.41, 5.74) is 5.98. The molecule has 0 saturated carbocycles. The molecule has 0 radical (unpaired) electrons. The summed E-state index contributed by atoms with van der Waals surface area (Å²) in [6.07, 6.45) is 1.89.